The van der Waals surface area contributed by atoms with Gasteiger partial charge in [0.1, 0.15) is 11.5 Å². The van der Waals surface area contributed by atoms with Crippen LogP contribution in [0.25, 0.3) is 11.3 Å². The third kappa shape index (κ3) is 5.18. The van der Waals surface area contributed by atoms with Gasteiger partial charge in [0.2, 0.25) is 0 Å². The van der Waals surface area contributed by atoms with E-state index in [1.165, 1.54) is 17.9 Å². The Hall–Kier alpha value is -4.59. The highest BCUT2D eigenvalue weighted by molar-refractivity contribution is 6.06. The van der Waals surface area contributed by atoms with E-state index in [0.717, 1.165) is 29.7 Å². The van der Waals surface area contributed by atoms with Gasteiger partial charge in [0.15, 0.2) is 0 Å². The Morgan fingerprint density at radius 2 is 1.81 bits per heavy atom. The molecule has 8 heteroatoms. The van der Waals surface area contributed by atoms with E-state index in [-0.39, 0.29) is 23.6 Å². The van der Waals surface area contributed by atoms with E-state index in [4.69, 9.17) is 4.74 Å². The number of amides is 2. The molecule has 1 heterocycles. The van der Waals surface area contributed by atoms with Crippen molar-refractivity contribution in [2.75, 3.05) is 12.4 Å². The molecule has 8 nitrogen and oxygen atoms in total. The number of phenolic OH excluding ortho intramolecular Hbond substituents is 1. The van der Waals surface area contributed by atoms with Gasteiger partial charge in [-0.2, -0.15) is 9.78 Å². The molecule has 188 valence electrons. The number of aromatic hydroxyl groups is 1. The van der Waals surface area contributed by atoms with Crippen LogP contribution in [0.5, 0.6) is 11.5 Å². The Morgan fingerprint density at radius 1 is 1.05 bits per heavy atom. The quantitative estimate of drug-likeness (QED) is 0.315. The molecule has 3 aromatic carbocycles. The van der Waals surface area contributed by atoms with Crippen molar-refractivity contribution in [3.8, 4) is 22.8 Å². The van der Waals surface area contributed by atoms with E-state index in [1.807, 2.05) is 37.3 Å². The predicted octanol–water partition coefficient (Wildman–Crippen LogP) is 5.46. The van der Waals surface area contributed by atoms with Crippen LogP contribution >= 0.6 is 0 Å². The van der Waals surface area contributed by atoms with Gasteiger partial charge in [-0.1, -0.05) is 36.4 Å². The molecule has 5 rings (SSSR count). The molecule has 0 spiro atoms. The third-order valence-electron chi connectivity index (χ3n) is 6.50. The van der Waals surface area contributed by atoms with Crippen molar-refractivity contribution >= 4 is 17.6 Å². The fraction of sp³-hybridized carbons (Fsp3) is 0.207. The lowest BCUT2D eigenvalue weighted by molar-refractivity contribution is 0.102. The third-order valence-corrected chi connectivity index (χ3v) is 6.50. The summed E-state index contributed by atoms with van der Waals surface area (Å²) in [4.78, 5) is 25.8. The molecule has 4 aromatic rings. The molecule has 0 radical (unpaired) electrons. The van der Waals surface area contributed by atoms with Gasteiger partial charge in [-0.05, 0) is 61.2 Å². The minimum atomic E-state index is -0.352. The molecule has 1 fully saturated rings. The van der Waals surface area contributed by atoms with Gasteiger partial charge < -0.3 is 20.5 Å². The van der Waals surface area contributed by atoms with Crippen LogP contribution in [0.1, 0.15) is 45.9 Å². The summed E-state index contributed by atoms with van der Waals surface area (Å²) in [5, 5.41) is 21.1. The fourth-order valence-electron chi connectivity index (χ4n) is 4.27. The average molecular weight is 497 g/mol. The number of hydrogen-bond acceptors (Lipinski definition) is 5. The topological polar surface area (TPSA) is 105 Å². The lowest BCUT2D eigenvalue weighted by atomic mass is 10.1. The normalized spacial score (nSPS) is 12.7. The first-order valence-corrected chi connectivity index (χ1v) is 12.1. The van der Waals surface area contributed by atoms with Crippen molar-refractivity contribution < 1.29 is 19.4 Å². The summed E-state index contributed by atoms with van der Waals surface area (Å²) in [5.74, 6) is 0.326. The molecule has 1 saturated carbocycles. The number of hydrogen-bond donors (Lipinski definition) is 3. The van der Waals surface area contributed by atoms with Crippen LogP contribution in [0.3, 0.4) is 0 Å². The van der Waals surface area contributed by atoms with Crippen LogP contribution in [-0.2, 0) is 6.54 Å². The van der Waals surface area contributed by atoms with Crippen molar-refractivity contribution in [2.24, 2.45) is 0 Å². The fourth-order valence-corrected chi connectivity index (χ4v) is 4.27. The van der Waals surface area contributed by atoms with Crippen molar-refractivity contribution in [3.63, 3.8) is 0 Å². The maximum Gasteiger partial charge on any atom is 0.342 e. The molecule has 2 amide bonds. The van der Waals surface area contributed by atoms with Gasteiger partial charge in [0.25, 0.3) is 5.91 Å². The van der Waals surface area contributed by atoms with Gasteiger partial charge in [0.05, 0.1) is 24.1 Å². The van der Waals surface area contributed by atoms with Gasteiger partial charge >= 0.3 is 6.03 Å². The number of nitrogens with one attached hydrogen (secondary N) is 2. The van der Waals surface area contributed by atoms with E-state index in [9.17, 15) is 14.7 Å². The van der Waals surface area contributed by atoms with E-state index in [1.54, 1.807) is 36.4 Å². The highest BCUT2D eigenvalue weighted by Crippen LogP contribution is 2.42. The number of carbonyl (C=O) groups excluding carboxylic acids is 2. The van der Waals surface area contributed by atoms with Crippen LogP contribution in [0.4, 0.5) is 10.5 Å². The first-order valence-electron chi connectivity index (χ1n) is 12.1. The highest BCUT2D eigenvalue weighted by atomic mass is 16.5. The number of carbonyl (C=O) groups is 2. The Bertz CT molecular complexity index is 1470. The summed E-state index contributed by atoms with van der Waals surface area (Å²) in [6.45, 7) is 2.41. The molecule has 0 atom stereocenters. The molecular weight excluding hydrogens is 468 g/mol. The molecular formula is C29H28N4O4. The molecule has 0 bridgehead atoms. The molecule has 37 heavy (non-hydrogen) atoms. The SMILES string of the molecule is COc1ccccc1C(=O)Nc1ccc(-c2cc(C3CC3)n(C(=O)NCc3ccccc3C)n2)c(O)c1. The minimum Gasteiger partial charge on any atom is -0.507 e. The standard InChI is InChI=1S/C29H28N4O4/c1-18-7-3-4-8-20(18)17-30-29(36)33-25(19-11-12-19)16-24(32-33)22-14-13-21(15-26(22)34)31-28(35)23-9-5-6-10-27(23)37-2/h3-10,13-16,19,34H,11-12,17H2,1-2H3,(H,30,36)(H,31,35). The monoisotopic (exact) mass is 496 g/mol. The maximum absolute atomic E-state index is 13.0. The first kappa shape index (κ1) is 24.1. The van der Waals surface area contributed by atoms with E-state index >= 15 is 0 Å². The Balaban J connectivity index is 1.35. The number of ether oxygens (including phenoxy) is 1. The Kier molecular flexibility index (Phi) is 6.64. The second kappa shape index (κ2) is 10.2. The first-order chi connectivity index (χ1) is 17.9. The predicted molar refractivity (Wildman–Crippen MR) is 141 cm³/mol. The molecule has 1 aromatic heterocycles. The Morgan fingerprint density at radius 3 is 2.54 bits per heavy atom. The zero-order valence-electron chi connectivity index (χ0n) is 20.7. The summed E-state index contributed by atoms with van der Waals surface area (Å²) < 4.78 is 6.66. The van der Waals surface area contributed by atoms with Crippen molar-refractivity contribution in [1.29, 1.82) is 0 Å². The Labute approximate surface area is 214 Å². The van der Waals surface area contributed by atoms with Gasteiger partial charge in [-0.3, -0.25) is 4.79 Å². The average Bonchev–Trinajstić information content (AvgIpc) is 3.66. The number of methoxy groups -OCH3 is 1. The van der Waals surface area contributed by atoms with E-state index < -0.39 is 0 Å². The maximum atomic E-state index is 13.0. The van der Waals surface area contributed by atoms with Gasteiger partial charge in [-0.15, -0.1) is 0 Å². The van der Waals surface area contributed by atoms with E-state index in [0.29, 0.717) is 34.8 Å². The number of anilines is 1. The van der Waals surface area contributed by atoms with Crippen LogP contribution in [0.15, 0.2) is 72.8 Å². The highest BCUT2D eigenvalue weighted by Gasteiger charge is 2.30. The largest absolute Gasteiger partial charge is 0.507 e. The lowest BCUT2D eigenvalue weighted by Crippen LogP contribution is -2.30. The molecule has 1 aliphatic carbocycles. The summed E-state index contributed by atoms with van der Waals surface area (Å²) >= 11 is 0. The number of nitrogens with zero attached hydrogens (tertiary/aromatic N) is 2. The molecule has 3 N–H and O–H groups in total. The van der Waals surface area contributed by atoms with Gasteiger partial charge in [0, 0.05) is 29.8 Å². The summed E-state index contributed by atoms with van der Waals surface area (Å²) in [6, 6.07) is 21.2. The van der Waals surface area contributed by atoms with Gasteiger partial charge in [-0.25, -0.2) is 4.79 Å². The van der Waals surface area contributed by atoms with Crippen LogP contribution in [0.2, 0.25) is 0 Å². The number of para-hydroxylation sites is 1. The second-order valence-electron chi connectivity index (χ2n) is 9.11. The van der Waals surface area contributed by atoms with Crippen molar-refractivity contribution in [2.45, 2.75) is 32.2 Å². The number of rotatable bonds is 7. The molecule has 0 saturated heterocycles. The number of aryl methyl sites for hydroxylation is 1. The number of benzene rings is 3. The van der Waals surface area contributed by atoms with Crippen LogP contribution < -0.4 is 15.4 Å². The lowest BCUT2D eigenvalue weighted by Gasteiger charge is -2.10. The zero-order chi connectivity index (χ0) is 25.9. The summed E-state index contributed by atoms with van der Waals surface area (Å²) in [5.41, 5.74) is 4.75. The van der Waals surface area contributed by atoms with E-state index in [2.05, 4.69) is 15.7 Å². The second-order valence-corrected chi connectivity index (χ2v) is 9.11. The summed E-state index contributed by atoms with van der Waals surface area (Å²) in [6.07, 6.45) is 1.99. The van der Waals surface area contributed by atoms with Crippen LogP contribution in [0, 0.1) is 6.92 Å². The minimum absolute atomic E-state index is 0.0508. The van der Waals surface area contributed by atoms with Crippen molar-refractivity contribution in [3.05, 3.63) is 95.2 Å². The smallest absolute Gasteiger partial charge is 0.342 e. The number of phenols is 1. The summed E-state index contributed by atoms with van der Waals surface area (Å²) in [7, 11) is 1.50. The molecule has 0 unspecified atom stereocenters. The molecule has 0 aliphatic heterocycles. The van der Waals surface area contributed by atoms with Crippen LogP contribution in [-0.4, -0.2) is 33.9 Å². The molecule has 1 aliphatic rings. The zero-order valence-corrected chi connectivity index (χ0v) is 20.7. The van der Waals surface area contributed by atoms with Crippen molar-refractivity contribution in [1.82, 2.24) is 15.1 Å². The number of aromatic nitrogens is 2.